The van der Waals surface area contributed by atoms with Gasteiger partial charge in [0.25, 0.3) is 11.8 Å². The fraction of sp³-hybridized carbons (Fsp3) is 0.333. The average Bonchev–Trinajstić information content (AvgIpc) is 3.40. The Morgan fingerprint density at radius 1 is 1.22 bits per heavy atom. The number of nitrogens with zero attached hydrogens (tertiary/aromatic N) is 3. The highest BCUT2D eigenvalue weighted by molar-refractivity contribution is 7.13. The van der Waals surface area contributed by atoms with E-state index in [4.69, 9.17) is 9.15 Å². The largest absolute Gasteiger partial charge is 0.451 e. The third-order valence-corrected chi connectivity index (χ3v) is 5.60. The summed E-state index contributed by atoms with van der Waals surface area (Å²) >= 11 is 2.80. The molecule has 0 aromatic carbocycles. The summed E-state index contributed by atoms with van der Waals surface area (Å²) in [7, 11) is 0. The Labute approximate surface area is 164 Å². The third-order valence-electron chi connectivity index (χ3n) is 3.75. The first kappa shape index (κ1) is 19.2. The van der Waals surface area contributed by atoms with Crippen LogP contribution in [0.1, 0.15) is 34.5 Å². The van der Waals surface area contributed by atoms with E-state index in [0.29, 0.717) is 23.2 Å². The molecule has 0 N–H and O–H groups in total. The molecule has 3 aromatic rings. The first-order chi connectivity index (χ1) is 13.1. The van der Waals surface area contributed by atoms with Crippen molar-refractivity contribution in [3.8, 4) is 10.8 Å². The van der Waals surface area contributed by atoms with Gasteiger partial charge in [-0.2, -0.15) is 0 Å². The maximum Gasteiger partial charge on any atom is 0.349 e. The van der Waals surface area contributed by atoms with Crippen LogP contribution in [0.15, 0.2) is 33.4 Å². The summed E-state index contributed by atoms with van der Waals surface area (Å²) in [6.07, 6.45) is 0.760. The Bertz CT molecular complexity index is 902. The molecule has 0 aliphatic heterocycles. The van der Waals surface area contributed by atoms with Crippen molar-refractivity contribution in [2.24, 2.45) is 0 Å². The van der Waals surface area contributed by atoms with Gasteiger partial charge in [-0.05, 0) is 41.8 Å². The van der Waals surface area contributed by atoms with Crippen molar-refractivity contribution in [1.82, 2.24) is 15.1 Å². The molecule has 0 saturated heterocycles. The van der Waals surface area contributed by atoms with Crippen LogP contribution in [0.25, 0.3) is 10.8 Å². The third kappa shape index (κ3) is 4.81. The van der Waals surface area contributed by atoms with Crippen molar-refractivity contribution in [3.05, 3.63) is 45.3 Å². The number of thiophene rings is 2. The lowest BCUT2D eigenvalue weighted by Gasteiger charge is -2.20. The molecular formula is C18H19N3O4S2. The Kier molecular flexibility index (Phi) is 6.36. The molecule has 0 radical (unpaired) electrons. The number of ether oxygens (including phenoxy) is 1. The lowest BCUT2D eigenvalue weighted by Crippen LogP contribution is -2.35. The smallest absolute Gasteiger partial charge is 0.349 e. The molecule has 3 rings (SSSR count). The molecule has 0 atom stereocenters. The predicted molar refractivity (Wildman–Crippen MR) is 103 cm³/mol. The molecule has 0 bridgehead atoms. The summed E-state index contributed by atoms with van der Waals surface area (Å²) in [6.45, 7) is 4.17. The van der Waals surface area contributed by atoms with E-state index in [1.54, 1.807) is 4.90 Å². The second-order valence-electron chi connectivity index (χ2n) is 5.80. The zero-order chi connectivity index (χ0) is 19.2. The van der Waals surface area contributed by atoms with Crippen LogP contribution in [0.3, 0.4) is 0 Å². The van der Waals surface area contributed by atoms with Crippen molar-refractivity contribution in [1.29, 1.82) is 0 Å². The van der Waals surface area contributed by atoms with Crippen LogP contribution in [0.5, 0.6) is 0 Å². The molecule has 0 aliphatic rings. The zero-order valence-corrected chi connectivity index (χ0v) is 16.6. The number of hydrogen-bond donors (Lipinski definition) is 0. The Hall–Kier alpha value is -2.52. The van der Waals surface area contributed by atoms with Crippen LogP contribution in [0, 0.1) is 6.92 Å². The molecule has 9 heteroatoms. The van der Waals surface area contributed by atoms with Gasteiger partial charge in [-0.25, -0.2) is 4.79 Å². The lowest BCUT2D eigenvalue weighted by atomic mass is 10.3. The summed E-state index contributed by atoms with van der Waals surface area (Å²) in [5.74, 6) is 0.00415. The monoisotopic (exact) mass is 405 g/mol. The highest BCUT2D eigenvalue weighted by Gasteiger charge is 2.20. The van der Waals surface area contributed by atoms with Crippen LogP contribution in [0.2, 0.25) is 0 Å². The van der Waals surface area contributed by atoms with Crippen molar-refractivity contribution in [3.63, 3.8) is 0 Å². The number of amides is 1. The summed E-state index contributed by atoms with van der Waals surface area (Å²) in [6, 6.07) is 5.64. The predicted octanol–water partition coefficient (Wildman–Crippen LogP) is 3.76. The van der Waals surface area contributed by atoms with Gasteiger partial charge >= 0.3 is 5.97 Å². The molecule has 27 heavy (non-hydrogen) atoms. The number of rotatable bonds is 8. The normalized spacial score (nSPS) is 10.7. The molecule has 0 saturated carbocycles. The minimum Gasteiger partial charge on any atom is -0.451 e. The number of hydrogen-bond acceptors (Lipinski definition) is 8. The van der Waals surface area contributed by atoms with Crippen molar-refractivity contribution < 1.29 is 18.7 Å². The van der Waals surface area contributed by atoms with Crippen LogP contribution in [-0.4, -0.2) is 40.1 Å². The number of aromatic nitrogens is 2. The zero-order valence-electron chi connectivity index (χ0n) is 15.0. The van der Waals surface area contributed by atoms with E-state index in [-0.39, 0.29) is 19.1 Å². The molecule has 142 valence electrons. The SMILES string of the molecule is CCCN(Cc1nnc(-c2cccs2)o1)C(=O)COC(=O)c1sccc1C. The minimum atomic E-state index is -0.481. The summed E-state index contributed by atoms with van der Waals surface area (Å²) in [4.78, 5) is 27.5. The van der Waals surface area contributed by atoms with Gasteiger partial charge in [0.15, 0.2) is 6.61 Å². The standard InChI is InChI=1S/C18H19N3O4S2/c1-3-7-21(10-14-19-20-17(25-14)13-5-4-8-26-13)15(22)11-24-18(23)16-12(2)6-9-27-16/h4-6,8-9H,3,7,10-11H2,1-2H3. The van der Waals surface area contributed by atoms with Crippen LogP contribution < -0.4 is 0 Å². The van der Waals surface area contributed by atoms with Gasteiger partial charge in [-0.15, -0.1) is 32.9 Å². The minimum absolute atomic E-state index is 0.181. The summed E-state index contributed by atoms with van der Waals surface area (Å²) in [5.41, 5.74) is 0.842. The van der Waals surface area contributed by atoms with E-state index in [9.17, 15) is 9.59 Å². The average molecular weight is 406 g/mol. The molecular weight excluding hydrogens is 386 g/mol. The van der Waals surface area contributed by atoms with Gasteiger partial charge in [0, 0.05) is 6.54 Å². The lowest BCUT2D eigenvalue weighted by molar-refractivity contribution is -0.135. The van der Waals surface area contributed by atoms with Gasteiger partial charge < -0.3 is 14.1 Å². The summed E-state index contributed by atoms with van der Waals surface area (Å²) in [5, 5.41) is 11.8. The van der Waals surface area contributed by atoms with E-state index in [1.165, 1.54) is 22.7 Å². The van der Waals surface area contributed by atoms with Gasteiger partial charge in [0.05, 0.1) is 11.4 Å². The Morgan fingerprint density at radius 3 is 2.74 bits per heavy atom. The molecule has 1 amide bonds. The van der Waals surface area contributed by atoms with E-state index in [0.717, 1.165) is 16.9 Å². The quantitative estimate of drug-likeness (QED) is 0.531. The molecule has 0 fully saturated rings. The maximum atomic E-state index is 12.5. The number of carbonyl (C=O) groups is 2. The first-order valence-electron chi connectivity index (χ1n) is 8.43. The van der Waals surface area contributed by atoms with E-state index in [2.05, 4.69) is 10.2 Å². The number of carbonyl (C=O) groups excluding carboxylic acids is 2. The molecule has 0 aliphatic carbocycles. The molecule has 7 nitrogen and oxygen atoms in total. The highest BCUT2D eigenvalue weighted by atomic mass is 32.1. The van der Waals surface area contributed by atoms with Crippen LogP contribution >= 0.6 is 22.7 Å². The molecule has 0 spiro atoms. The first-order valence-corrected chi connectivity index (χ1v) is 10.2. The van der Waals surface area contributed by atoms with Gasteiger partial charge in [-0.1, -0.05) is 13.0 Å². The van der Waals surface area contributed by atoms with Crippen molar-refractivity contribution in [2.45, 2.75) is 26.8 Å². The Morgan fingerprint density at radius 2 is 2.07 bits per heavy atom. The van der Waals surface area contributed by atoms with Crippen molar-refractivity contribution in [2.75, 3.05) is 13.2 Å². The molecule has 3 heterocycles. The van der Waals surface area contributed by atoms with Gasteiger partial charge in [0.1, 0.15) is 4.88 Å². The fourth-order valence-electron chi connectivity index (χ4n) is 2.41. The summed E-state index contributed by atoms with van der Waals surface area (Å²) < 4.78 is 10.8. The molecule has 3 aromatic heterocycles. The second-order valence-corrected chi connectivity index (χ2v) is 7.67. The van der Waals surface area contributed by atoms with E-state index in [1.807, 2.05) is 42.8 Å². The van der Waals surface area contributed by atoms with E-state index < -0.39 is 5.97 Å². The number of aryl methyl sites for hydroxylation is 1. The second kappa shape index (κ2) is 8.92. The van der Waals surface area contributed by atoms with Crippen LogP contribution in [-0.2, 0) is 16.1 Å². The van der Waals surface area contributed by atoms with Crippen LogP contribution in [0.4, 0.5) is 0 Å². The number of esters is 1. The topological polar surface area (TPSA) is 85.5 Å². The van der Waals surface area contributed by atoms with Crippen molar-refractivity contribution >= 4 is 34.6 Å². The van der Waals surface area contributed by atoms with Gasteiger partial charge in [-0.3, -0.25) is 4.79 Å². The Balaban J connectivity index is 1.60. The van der Waals surface area contributed by atoms with Gasteiger partial charge in [0.2, 0.25) is 5.89 Å². The van der Waals surface area contributed by atoms with E-state index >= 15 is 0 Å². The maximum absolute atomic E-state index is 12.5. The highest BCUT2D eigenvalue weighted by Crippen LogP contribution is 2.23. The fourth-order valence-corrected chi connectivity index (χ4v) is 3.87. The molecule has 0 unspecified atom stereocenters.